The lowest BCUT2D eigenvalue weighted by Crippen LogP contribution is -2.52. The van der Waals surface area contributed by atoms with E-state index in [1.807, 2.05) is 0 Å². The number of carbonyl (C=O) groups excluding carboxylic acids is 2. The van der Waals surface area contributed by atoms with Gasteiger partial charge in [-0.3, -0.25) is 4.79 Å². The Morgan fingerprint density at radius 3 is 2.74 bits per heavy atom. The summed E-state index contributed by atoms with van der Waals surface area (Å²) in [6.07, 6.45) is 2.96. The fourth-order valence-corrected chi connectivity index (χ4v) is 3.16. The number of nitrogens with zero attached hydrogens (tertiary/aromatic N) is 1. The van der Waals surface area contributed by atoms with Crippen LogP contribution in [0.1, 0.15) is 40.0 Å². The molecule has 2 aliphatic rings. The largest absolute Gasteiger partial charge is 0.443 e. The number of carbonyl (C=O) groups is 2. The molecule has 0 radical (unpaired) electrons. The predicted molar refractivity (Wildman–Crippen MR) is 77.7 cm³/mol. The fraction of sp³-hybridized carbons (Fsp3) is 0.692. The molecule has 1 fully saturated rings. The molecule has 1 unspecified atom stereocenters. The van der Waals surface area contributed by atoms with Crippen molar-refractivity contribution in [2.24, 2.45) is 0 Å². The van der Waals surface area contributed by atoms with Crippen LogP contribution in [-0.4, -0.2) is 34.7 Å². The van der Waals surface area contributed by atoms with Crippen LogP contribution in [0, 0.1) is 0 Å². The molecule has 2 aliphatic heterocycles. The summed E-state index contributed by atoms with van der Waals surface area (Å²) in [5.74, 6) is -0.306. The Labute approximate surface area is 126 Å². The van der Waals surface area contributed by atoms with Gasteiger partial charge in [0.2, 0.25) is 0 Å². The van der Waals surface area contributed by atoms with Crippen LogP contribution in [0.4, 0.5) is 4.79 Å². The smallest absolute Gasteiger partial charge is 0.421 e. The standard InChI is InChI=1S/C13H18INO4/c1-12(2,3)19-11(17)15-8-9(14)7-13(10(15)16)5-4-6-18-13/h8H,4-7H2,1-3H3. The maximum atomic E-state index is 12.5. The third kappa shape index (κ3) is 3.10. The fourth-order valence-electron chi connectivity index (χ4n) is 2.26. The lowest BCUT2D eigenvalue weighted by atomic mass is 9.92. The van der Waals surface area contributed by atoms with E-state index in [1.54, 1.807) is 27.0 Å². The topological polar surface area (TPSA) is 55.8 Å². The molecule has 1 saturated heterocycles. The van der Waals surface area contributed by atoms with Crippen LogP contribution in [0.25, 0.3) is 0 Å². The van der Waals surface area contributed by atoms with Gasteiger partial charge in [-0.2, -0.15) is 0 Å². The van der Waals surface area contributed by atoms with E-state index in [4.69, 9.17) is 9.47 Å². The molecule has 2 rings (SSSR count). The number of hydrogen-bond donors (Lipinski definition) is 0. The summed E-state index contributed by atoms with van der Waals surface area (Å²) in [5, 5.41) is 0. The summed E-state index contributed by atoms with van der Waals surface area (Å²) in [7, 11) is 0. The Hall–Kier alpha value is -0.630. The zero-order chi connectivity index (χ0) is 14.3. The van der Waals surface area contributed by atoms with Crippen LogP contribution in [0.3, 0.4) is 0 Å². The molecule has 5 nitrogen and oxygen atoms in total. The number of amides is 2. The summed E-state index contributed by atoms with van der Waals surface area (Å²) >= 11 is 2.13. The second-order valence-electron chi connectivity index (χ2n) is 5.85. The van der Waals surface area contributed by atoms with E-state index < -0.39 is 17.3 Å². The van der Waals surface area contributed by atoms with Crippen molar-refractivity contribution in [1.29, 1.82) is 0 Å². The molecule has 0 saturated carbocycles. The van der Waals surface area contributed by atoms with E-state index >= 15 is 0 Å². The highest BCUT2D eigenvalue weighted by Gasteiger charge is 2.49. The van der Waals surface area contributed by atoms with Crippen molar-refractivity contribution in [1.82, 2.24) is 4.90 Å². The van der Waals surface area contributed by atoms with Crippen molar-refractivity contribution in [2.45, 2.75) is 51.2 Å². The van der Waals surface area contributed by atoms with Gasteiger partial charge in [-0.1, -0.05) is 0 Å². The second-order valence-corrected chi connectivity index (χ2v) is 7.24. The molecule has 0 aromatic rings. The molecule has 1 atom stereocenters. The molecule has 0 aromatic heterocycles. The molecule has 1 spiro atoms. The molecule has 0 aromatic carbocycles. The average Bonchev–Trinajstić information content (AvgIpc) is 2.70. The van der Waals surface area contributed by atoms with Gasteiger partial charge < -0.3 is 9.47 Å². The van der Waals surface area contributed by atoms with E-state index in [0.717, 1.165) is 14.9 Å². The monoisotopic (exact) mass is 379 g/mol. The Balaban J connectivity index is 2.23. The van der Waals surface area contributed by atoms with Gasteiger partial charge in [0, 0.05) is 22.8 Å². The summed E-state index contributed by atoms with van der Waals surface area (Å²) in [6, 6.07) is 0. The minimum absolute atomic E-state index is 0.306. The molecule has 106 valence electrons. The van der Waals surface area contributed by atoms with Crippen molar-refractivity contribution in [3.05, 3.63) is 9.78 Å². The Kier molecular flexibility index (Phi) is 3.92. The van der Waals surface area contributed by atoms with E-state index in [2.05, 4.69) is 22.6 Å². The second kappa shape index (κ2) is 5.05. The molecule has 6 heteroatoms. The number of ether oxygens (including phenoxy) is 2. The van der Waals surface area contributed by atoms with Gasteiger partial charge in [0.05, 0.1) is 0 Å². The first-order chi connectivity index (χ1) is 8.73. The van der Waals surface area contributed by atoms with Gasteiger partial charge >= 0.3 is 6.09 Å². The third-order valence-corrected chi connectivity index (χ3v) is 3.69. The number of hydrogen-bond acceptors (Lipinski definition) is 4. The first-order valence-corrected chi connectivity index (χ1v) is 7.38. The molecule has 2 amide bonds. The molecular weight excluding hydrogens is 361 g/mol. The zero-order valence-corrected chi connectivity index (χ0v) is 13.5. The van der Waals surface area contributed by atoms with Crippen molar-refractivity contribution in [3.63, 3.8) is 0 Å². The number of imide groups is 1. The molecule has 0 bridgehead atoms. The third-order valence-electron chi connectivity index (χ3n) is 3.03. The SMILES string of the molecule is CC(C)(C)OC(=O)N1C=C(I)CC2(CCCO2)C1=O. The zero-order valence-electron chi connectivity index (χ0n) is 11.4. The number of halogens is 1. The molecular formula is C13H18INO4. The van der Waals surface area contributed by atoms with Crippen molar-refractivity contribution < 1.29 is 19.1 Å². The Morgan fingerprint density at radius 2 is 2.21 bits per heavy atom. The highest BCUT2D eigenvalue weighted by atomic mass is 127. The van der Waals surface area contributed by atoms with Gasteiger partial charge in [0.25, 0.3) is 5.91 Å². The lowest BCUT2D eigenvalue weighted by molar-refractivity contribution is -0.150. The quantitative estimate of drug-likeness (QED) is 0.608. The Morgan fingerprint density at radius 1 is 1.53 bits per heavy atom. The maximum Gasteiger partial charge on any atom is 0.421 e. The van der Waals surface area contributed by atoms with Crippen LogP contribution < -0.4 is 0 Å². The summed E-state index contributed by atoms with van der Waals surface area (Å²) in [5.41, 5.74) is -1.49. The van der Waals surface area contributed by atoms with Gasteiger partial charge in [-0.25, -0.2) is 9.69 Å². The molecule has 19 heavy (non-hydrogen) atoms. The minimum Gasteiger partial charge on any atom is -0.443 e. The van der Waals surface area contributed by atoms with Crippen molar-refractivity contribution >= 4 is 34.6 Å². The van der Waals surface area contributed by atoms with Gasteiger partial charge in [0.1, 0.15) is 5.60 Å². The average molecular weight is 379 g/mol. The van der Waals surface area contributed by atoms with E-state index in [0.29, 0.717) is 19.4 Å². The van der Waals surface area contributed by atoms with Crippen LogP contribution in [0.2, 0.25) is 0 Å². The molecule has 2 heterocycles. The normalized spacial score (nSPS) is 27.7. The van der Waals surface area contributed by atoms with Crippen LogP contribution in [-0.2, 0) is 14.3 Å². The van der Waals surface area contributed by atoms with Gasteiger partial charge in [0.15, 0.2) is 5.60 Å². The maximum absolute atomic E-state index is 12.5. The van der Waals surface area contributed by atoms with Crippen molar-refractivity contribution in [2.75, 3.05) is 6.61 Å². The summed E-state index contributed by atoms with van der Waals surface area (Å²) in [6.45, 7) is 5.89. The molecule has 0 aliphatic carbocycles. The highest BCUT2D eigenvalue weighted by molar-refractivity contribution is 14.1. The van der Waals surface area contributed by atoms with E-state index in [1.165, 1.54) is 0 Å². The first kappa shape index (κ1) is 14.8. The van der Waals surface area contributed by atoms with Gasteiger partial charge in [-0.15, -0.1) is 0 Å². The lowest BCUT2D eigenvalue weighted by Gasteiger charge is -2.35. The Bertz CT molecular complexity index is 432. The van der Waals surface area contributed by atoms with Crippen LogP contribution >= 0.6 is 22.6 Å². The van der Waals surface area contributed by atoms with E-state index in [-0.39, 0.29) is 5.91 Å². The predicted octanol–water partition coefficient (Wildman–Crippen LogP) is 2.98. The highest BCUT2D eigenvalue weighted by Crippen LogP contribution is 2.39. The molecule has 0 N–H and O–H groups in total. The van der Waals surface area contributed by atoms with Crippen LogP contribution in [0.5, 0.6) is 0 Å². The van der Waals surface area contributed by atoms with Crippen molar-refractivity contribution in [3.8, 4) is 0 Å². The van der Waals surface area contributed by atoms with Crippen LogP contribution in [0.15, 0.2) is 9.78 Å². The minimum atomic E-state index is -0.859. The van der Waals surface area contributed by atoms with E-state index in [9.17, 15) is 9.59 Å². The first-order valence-electron chi connectivity index (χ1n) is 6.30. The summed E-state index contributed by atoms with van der Waals surface area (Å²) in [4.78, 5) is 25.6. The number of rotatable bonds is 0. The van der Waals surface area contributed by atoms with Gasteiger partial charge in [-0.05, 0) is 56.2 Å². The summed E-state index contributed by atoms with van der Waals surface area (Å²) < 4.78 is 11.8.